The third-order valence-electron chi connectivity index (χ3n) is 10.5. The lowest BCUT2D eigenvalue weighted by Crippen LogP contribution is -2.57. The maximum absolute atomic E-state index is 13.4. The SMILES string of the molecule is COC(=O)CC[C@@H](C)C1CCC2C3CC(=O)C4C[C@H](OC(C)=O)CC[C@]4(C)C3CC[C@@]21C. The fourth-order valence-electron chi connectivity index (χ4n) is 8.97. The number of esters is 2. The maximum Gasteiger partial charge on any atom is 0.305 e. The second kappa shape index (κ2) is 8.76. The molecule has 0 aliphatic heterocycles. The minimum absolute atomic E-state index is 0.0439. The highest BCUT2D eigenvalue weighted by Crippen LogP contribution is 2.67. The van der Waals surface area contributed by atoms with Crippen LogP contribution in [0.3, 0.4) is 0 Å². The molecular weight excluding hydrogens is 404 g/mol. The molecule has 0 bridgehead atoms. The van der Waals surface area contributed by atoms with Gasteiger partial charge in [0.05, 0.1) is 7.11 Å². The summed E-state index contributed by atoms with van der Waals surface area (Å²) in [7, 11) is 1.47. The first-order chi connectivity index (χ1) is 15.1. The fraction of sp³-hybridized carbons (Fsp3) is 0.889. The standard InChI is InChI=1S/C27H42O5/c1-16(6-9-25(30)31-5)20-7-8-21-19-15-24(29)23-14-18(32-17(2)28)10-12-27(23,4)22(19)11-13-26(20,21)3/h16,18-23H,6-15H2,1-5H3/t16-,18-,19?,20?,21?,22?,23?,26-,27-/m1/s1. The molecule has 4 aliphatic carbocycles. The third kappa shape index (κ3) is 3.92. The second-order valence-electron chi connectivity index (χ2n) is 11.9. The maximum atomic E-state index is 13.4. The van der Waals surface area contributed by atoms with Gasteiger partial charge in [-0.25, -0.2) is 0 Å². The molecule has 0 aromatic carbocycles. The average molecular weight is 447 g/mol. The van der Waals surface area contributed by atoms with Gasteiger partial charge in [0.25, 0.3) is 0 Å². The molecule has 5 unspecified atom stereocenters. The lowest BCUT2D eigenvalue weighted by molar-refractivity contribution is -0.169. The van der Waals surface area contributed by atoms with E-state index in [0.29, 0.717) is 54.6 Å². The monoisotopic (exact) mass is 446 g/mol. The van der Waals surface area contributed by atoms with E-state index in [1.807, 2.05) is 0 Å². The molecule has 9 atom stereocenters. The lowest BCUT2D eigenvalue weighted by Gasteiger charge is -2.60. The summed E-state index contributed by atoms with van der Waals surface area (Å²) in [5, 5.41) is 0. The summed E-state index contributed by atoms with van der Waals surface area (Å²) < 4.78 is 10.4. The number of carbonyl (C=O) groups is 3. The second-order valence-corrected chi connectivity index (χ2v) is 11.9. The molecular formula is C27H42O5. The Hall–Kier alpha value is -1.39. The van der Waals surface area contributed by atoms with Gasteiger partial charge in [-0.15, -0.1) is 0 Å². The van der Waals surface area contributed by atoms with Gasteiger partial charge in [0.15, 0.2) is 0 Å². The predicted molar refractivity (Wildman–Crippen MR) is 122 cm³/mol. The molecule has 5 nitrogen and oxygen atoms in total. The summed E-state index contributed by atoms with van der Waals surface area (Å²) in [6, 6.07) is 0. The van der Waals surface area contributed by atoms with Gasteiger partial charge in [0.1, 0.15) is 11.9 Å². The van der Waals surface area contributed by atoms with Crippen molar-refractivity contribution in [2.75, 3.05) is 7.11 Å². The van der Waals surface area contributed by atoms with Gasteiger partial charge in [-0.2, -0.15) is 0 Å². The molecule has 0 N–H and O–H groups in total. The number of ether oxygens (including phenoxy) is 2. The van der Waals surface area contributed by atoms with Crippen LogP contribution in [0.2, 0.25) is 0 Å². The Bertz CT molecular complexity index is 761. The zero-order chi connectivity index (χ0) is 23.3. The molecule has 0 heterocycles. The molecule has 0 aromatic rings. The number of rotatable bonds is 5. The number of Topliss-reactive ketones (excluding diaryl/α,β-unsaturated/α-hetero) is 1. The number of ketones is 1. The van der Waals surface area contributed by atoms with E-state index in [1.165, 1.54) is 39.7 Å². The Morgan fingerprint density at radius 1 is 1.06 bits per heavy atom. The van der Waals surface area contributed by atoms with E-state index in [2.05, 4.69) is 20.8 Å². The highest BCUT2D eigenvalue weighted by molar-refractivity contribution is 5.83. The van der Waals surface area contributed by atoms with Crippen molar-refractivity contribution in [1.82, 2.24) is 0 Å². The van der Waals surface area contributed by atoms with Crippen LogP contribution in [0, 0.1) is 46.3 Å². The van der Waals surface area contributed by atoms with Crippen LogP contribution in [0.25, 0.3) is 0 Å². The summed E-state index contributed by atoms with van der Waals surface area (Å²) in [6.07, 6.45) is 9.48. The largest absolute Gasteiger partial charge is 0.469 e. The third-order valence-corrected chi connectivity index (χ3v) is 10.5. The minimum Gasteiger partial charge on any atom is -0.469 e. The summed E-state index contributed by atoms with van der Waals surface area (Å²) in [5.41, 5.74) is 0.321. The first kappa shape index (κ1) is 23.8. The summed E-state index contributed by atoms with van der Waals surface area (Å²) in [5.74, 6) is 2.95. The van der Waals surface area contributed by atoms with Crippen molar-refractivity contribution in [2.24, 2.45) is 46.3 Å². The first-order valence-electron chi connectivity index (χ1n) is 12.9. The van der Waals surface area contributed by atoms with Gasteiger partial charge in [0, 0.05) is 25.7 Å². The van der Waals surface area contributed by atoms with Crippen LogP contribution < -0.4 is 0 Å². The predicted octanol–water partition coefficient (Wildman–Crippen LogP) is 5.35. The zero-order valence-corrected chi connectivity index (χ0v) is 20.7. The van der Waals surface area contributed by atoms with Crippen molar-refractivity contribution < 1.29 is 23.9 Å². The van der Waals surface area contributed by atoms with Gasteiger partial charge in [-0.3, -0.25) is 14.4 Å². The molecule has 180 valence electrons. The van der Waals surface area contributed by atoms with Crippen LogP contribution in [0.15, 0.2) is 0 Å². The van der Waals surface area contributed by atoms with Crippen LogP contribution in [-0.4, -0.2) is 30.9 Å². The Morgan fingerprint density at radius 2 is 1.75 bits per heavy atom. The average Bonchev–Trinajstić information content (AvgIpc) is 3.10. The number of carbonyl (C=O) groups excluding carboxylic acids is 3. The minimum atomic E-state index is -0.230. The number of fused-ring (bicyclic) bond motifs is 5. The van der Waals surface area contributed by atoms with Crippen LogP contribution in [-0.2, 0) is 23.9 Å². The smallest absolute Gasteiger partial charge is 0.305 e. The van der Waals surface area contributed by atoms with Gasteiger partial charge < -0.3 is 9.47 Å². The van der Waals surface area contributed by atoms with Crippen LogP contribution in [0.5, 0.6) is 0 Å². The molecule has 0 saturated heterocycles. The summed E-state index contributed by atoms with van der Waals surface area (Å²) in [4.78, 5) is 36.6. The van der Waals surface area contributed by atoms with Crippen LogP contribution in [0.4, 0.5) is 0 Å². The van der Waals surface area contributed by atoms with Crippen molar-refractivity contribution in [3.05, 3.63) is 0 Å². The molecule has 0 amide bonds. The topological polar surface area (TPSA) is 69.7 Å². The molecule has 0 aromatic heterocycles. The van der Waals surface area contributed by atoms with E-state index in [4.69, 9.17) is 9.47 Å². The molecule has 4 saturated carbocycles. The van der Waals surface area contributed by atoms with Crippen molar-refractivity contribution >= 4 is 17.7 Å². The number of hydrogen-bond donors (Lipinski definition) is 0. The van der Waals surface area contributed by atoms with Gasteiger partial charge in [-0.05, 0) is 91.8 Å². The van der Waals surface area contributed by atoms with Gasteiger partial charge in [0.2, 0.25) is 0 Å². The molecule has 4 aliphatic rings. The van der Waals surface area contributed by atoms with Crippen molar-refractivity contribution in [3.63, 3.8) is 0 Å². The fourth-order valence-corrected chi connectivity index (χ4v) is 8.97. The van der Waals surface area contributed by atoms with E-state index in [-0.39, 0.29) is 34.8 Å². The summed E-state index contributed by atoms with van der Waals surface area (Å²) >= 11 is 0. The molecule has 32 heavy (non-hydrogen) atoms. The van der Waals surface area contributed by atoms with Crippen LogP contribution >= 0.6 is 0 Å². The number of hydrogen-bond acceptors (Lipinski definition) is 5. The van der Waals surface area contributed by atoms with Gasteiger partial charge in [-0.1, -0.05) is 20.8 Å². The lowest BCUT2D eigenvalue weighted by atomic mass is 9.44. The van der Waals surface area contributed by atoms with Crippen molar-refractivity contribution in [3.8, 4) is 0 Å². The van der Waals surface area contributed by atoms with Crippen molar-refractivity contribution in [1.29, 1.82) is 0 Å². The Balaban J connectivity index is 1.50. The quantitative estimate of drug-likeness (QED) is 0.533. The highest BCUT2D eigenvalue weighted by atomic mass is 16.5. The Morgan fingerprint density at radius 3 is 2.44 bits per heavy atom. The Kier molecular flexibility index (Phi) is 6.50. The molecule has 0 spiro atoms. The van der Waals surface area contributed by atoms with E-state index in [9.17, 15) is 14.4 Å². The molecule has 0 radical (unpaired) electrons. The van der Waals surface area contributed by atoms with Crippen LogP contribution in [0.1, 0.15) is 91.9 Å². The van der Waals surface area contributed by atoms with E-state index in [0.717, 1.165) is 19.3 Å². The normalized spacial score (nSPS) is 44.1. The first-order valence-corrected chi connectivity index (χ1v) is 12.9. The summed E-state index contributed by atoms with van der Waals surface area (Å²) in [6.45, 7) is 8.63. The van der Waals surface area contributed by atoms with E-state index < -0.39 is 0 Å². The molecule has 4 rings (SSSR count). The van der Waals surface area contributed by atoms with Gasteiger partial charge >= 0.3 is 11.9 Å². The highest BCUT2D eigenvalue weighted by Gasteiger charge is 2.62. The Labute approximate surface area is 193 Å². The van der Waals surface area contributed by atoms with E-state index >= 15 is 0 Å². The number of methoxy groups -OCH3 is 1. The molecule has 4 fully saturated rings. The molecule has 5 heteroatoms. The zero-order valence-electron chi connectivity index (χ0n) is 20.7. The van der Waals surface area contributed by atoms with Crippen molar-refractivity contribution in [2.45, 2.75) is 98.0 Å². The van der Waals surface area contributed by atoms with E-state index in [1.54, 1.807) is 0 Å².